The fourth-order valence-corrected chi connectivity index (χ4v) is 2.87. The van der Waals surface area contributed by atoms with Crippen molar-refractivity contribution in [1.29, 1.82) is 0 Å². The third kappa shape index (κ3) is 4.92. The number of amides is 2. The van der Waals surface area contributed by atoms with Gasteiger partial charge in [0.05, 0.1) is 0 Å². The van der Waals surface area contributed by atoms with Gasteiger partial charge in [-0.3, -0.25) is 0 Å². The van der Waals surface area contributed by atoms with Crippen LogP contribution in [0.5, 0.6) is 0 Å². The number of nitrogens with zero attached hydrogens (tertiary/aromatic N) is 2. The number of hydrogen-bond acceptors (Lipinski definition) is 3. The molecule has 0 spiro atoms. The molecule has 1 fully saturated rings. The highest BCUT2D eigenvalue weighted by molar-refractivity contribution is 5.89. The van der Waals surface area contributed by atoms with Crippen LogP contribution < -0.4 is 15.5 Å². The third-order valence-corrected chi connectivity index (χ3v) is 4.45. The van der Waals surface area contributed by atoms with Gasteiger partial charge in [-0.05, 0) is 48.6 Å². The molecule has 2 heterocycles. The highest BCUT2D eigenvalue weighted by Crippen LogP contribution is 2.21. The van der Waals surface area contributed by atoms with Crippen molar-refractivity contribution in [3.05, 3.63) is 54.0 Å². The zero-order valence-electron chi connectivity index (χ0n) is 14.3. The van der Waals surface area contributed by atoms with E-state index >= 15 is 0 Å². The molecule has 0 atom stereocenters. The monoisotopic (exact) mass is 342 g/mol. The van der Waals surface area contributed by atoms with Crippen molar-refractivity contribution < 1.29 is 9.18 Å². The number of pyridine rings is 1. The van der Waals surface area contributed by atoms with E-state index in [1.165, 1.54) is 25.0 Å². The maximum atomic E-state index is 13.1. The SMILES string of the molecule is CC1CCN(c2ccc(CNC(=O)Nc3cccc(F)c3)cn2)CC1. The molecule has 5 nitrogen and oxygen atoms in total. The molecule has 0 aliphatic carbocycles. The zero-order valence-corrected chi connectivity index (χ0v) is 14.3. The van der Waals surface area contributed by atoms with Crippen LogP contribution >= 0.6 is 0 Å². The Morgan fingerprint density at radius 3 is 2.76 bits per heavy atom. The summed E-state index contributed by atoms with van der Waals surface area (Å²) in [7, 11) is 0. The van der Waals surface area contributed by atoms with E-state index in [1.54, 1.807) is 18.3 Å². The predicted molar refractivity (Wildman–Crippen MR) is 97.1 cm³/mol. The second-order valence-electron chi connectivity index (χ2n) is 6.51. The van der Waals surface area contributed by atoms with Crippen molar-refractivity contribution in [1.82, 2.24) is 10.3 Å². The number of nitrogens with one attached hydrogen (secondary N) is 2. The summed E-state index contributed by atoms with van der Waals surface area (Å²) in [5.74, 6) is 1.39. The fraction of sp³-hybridized carbons (Fsp3) is 0.368. The van der Waals surface area contributed by atoms with Crippen molar-refractivity contribution in [3.8, 4) is 0 Å². The van der Waals surface area contributed by atoms with Crippen LogP contribution in [0.4, 0.5) is 20.7 Å². The minimum atomic E-state index is -0.385. The van der Waals surface area contributed by atoms with Gasteiger partial charge in [-0.1, -0.05) is 19.1 Å². The van der Waals surface area contributed by atoms with Crippen molar-refractivity contribution in [2.24, 2.45) is 5.92 Å². The summed E-state index contributed by atoms with van der Waals surface area (Å²) in [5.41, 5.74) is 1.34. The lowest BCUT2D eigenvalue weighted by Gasteiger charge is -2.31. The number of piperidine rings is 1. The number of carbonyl (C=O) groups excluding carboxylic acids is 1. The summed E-state index contributed by atoms with van der Waals surface area (Å²) < 4.78 is 13.1. The number of rotatable bonds is 4. The molecule has 0 radical (unpaired) electrons. The lowest BCUT2D eigenvalue weighted by atomic mass is 9.99. The van der Waals surface area contributed by atoms with E-state index in [0.717, 1.165) is 30.4 Å². The van der Waals surface area contributed by atoms with Crippen molar-refractivity contribution >= 4 is 17.5 Å². The molecule has 0 saturated carbocycles. The van der Waals surface area contributed by atoms with Crippen molar-refractivity contribution in [2.75, 3.05) is 23.3 Å². The molecule has 2 N–H and O–H groups in total. The van der Waals surface area contributed by atoms with Crippen LogP contribution in [0.1, 0.15) is 25.3 Å². The van der Waals surface area contributed by atoms with Gasteiger partial charge in [0.15, 0.2) is 0 Å². The molecular formula is C19H23FN4O. The van der Waals surface area contributed by atoms with E-state index < -0.39 is 0 Å². The first kappa shape index (κ1) is 17.2. The van der Waals surface area contributed by atoms with Gasteiger partial charge < -0.3 is 15.5 Å². The van der Waals surface area contributed by atoms with Gasteiger partial charge in [-0.25, -0.2) is 14.2 Å². The molecule has 0 bridgehead atoms. The van der Waals surface area contributed by atoms with E-state index in [4.69, 9.17) is 0 Å². The number of urea groups is 1. The molecule has 0 unspecified atom stereocenters. The number of carbonyl (C=O) groups is 1. The average Bonchev–Trinajstić information content (AvgIpc) is 2.61. The van der Waals surface area contributed by atoms with Crippen LogP contribution in [0.25, 0.3) is 0 Å². The molecular weight excluding hydrogens is 319 g/mol. The second-order valence-corrected chi connectivity index (χ2v) is 6.51. The van der Waals surface area contributed by atoms with Crippen molar-refractivity contribution in [3.63, 3.8) is 0 Å². The smallest absolute Gasteiger partial charge is 0.319 e. The highest BCUT2D eigenvalue weighted by Gasteiger charge is 2.16. The summed E-state index contributed by atoms with van der Waals surface area (Å²) >= 11 is 0. The maximum absolute atomic E-state index is 13.1. The Labute approximate surface area is 147 Å². The standard InChI is InChI=1S/C19H23FN4O/c1-14-7-9-24(10-8-14)18-6-5-15(12-21-18)13-22-19(25)23-17-4-2-3-16(20)11-17/h2-6,11-12,14H,7-10,13H2,1H3,(H2,22,23,25). The Kier molecular flexibility index (Phi) is 5.48. The molecule has 1 aromatic carbocycles. The van der Waals surface area contributed by atoms with Crippen LogP contribution in [0.15, 0.2) is 42.6 Å². The van der Waals surface area contributed by atoms with Gasteiger partial charge in [0, 0.05) is 31.5 Å². The Balaban J connectivity index is 1.49. The summed E-state index contributed by atoms with van der Waals surface area (Å²) in [6.07, 6.45) is 4.19. The number of anilines is 2. The van der Waals surface area contributed by atoms with E-state index in [0.29, 0.717) is 12.2 Å². The molecule has 2 aromatic rings. The summed E-state index contributed by atoms with van der Waals surface area (Å²) in [6, 6.07) is 9.39. The number of benzene rings is 1. The summed E-state index contributed by atoms with van der Waals surface area (Å²) in [5, 5.41) is 5.35. The normalized spacial score (nSPS) is 15.0. The third-order valence-electron chi connectivity index (χ3n) is 4.45. The van der Waals surface area contributed by atoms with Crippen LogP contribution in [0.3, 0.4) is 0 Å². The largest absolute Gasteiger partial charge is 0.357 e. The van der Waals surface area contributed by atoms with Crippen LogP contribution in [-0.2, 0) is 6.54 Å². The molecule has 25 heavy (non-hydrogen) atoms. The van der Waals surface area contributed by atoms with Gasteiger partial charge in [-0.15, -0.1) is 0 Å². The van der Waals surface area contributed by atoms with E-state index in [1.807, 2.05) is 12.1 Å². The molecule has 1 aliphatic rings. The summed E-state index contributed by atoms with van der Waals surface area (Å²) in [6.45, 7) is 4.74. The summed E-state index contributed by atoms with van der Waals surface area (Å²) in [4.78, 5) is 18.7. The Morgan fingerprint density at radius 1 is 1.28 bits per heavy atom. The molecule has 1 saturated heterocycles. The minimum absolute atomic E-state index is 0.367. The molecule has 1 aliphatic heterocycles. The average molecular weight is 342 g/mol. The van der Waals surface area contributed by atoms with Gasteiger partial charge in [0.2, 0.25) is 0 Å². The number of aromatic nitrogens is 1. The Bertz CT molecular complexity index is 712. The van der Waals surface area contributed by atoms with Crippen molar-refractivity contribution in [2.45, 2.75) is 26.3 Å². The lowest BCUT2D eigenvalue weighted by Crippen LogP contribution is -2.33. The van der Waals surface area contributed by atoms with Crippen LogP contribution in [0, 0.1) is 11.7 Å². The molecule has 1 aromatic heterocycles. The molecule has 2 amide bonds. The predicted octanol–water partition coefficient (Wildman–Crippen LogP) is 3.78. The van der Waals surface area contributed by atoms with Gasteiger partial charge in [-0.2, -0.15) is 0 Å². The van der Waals surface area contributed by atoms with Gasteiger partial charge in [0.25, 0.3) is 0 Å². The zero-order chi connectivity index (χ0) is 17.6. The first-order valence-corrected chi connectivity index (χ1v) is 8.60. The fourth-order valence-electron chi connectivity index (χ4n) is 2.87. The van der Waals surface area contributed by atoms with Gasteiger partial charge in [0.1, 0.15) is 11.6 Å². The topological polar surface area (TPSA) is 57.3 Å². The maximum Gasteiger partial charge on any atom is 0.319 e. The van der Waals surface area contributed by atoms with E-state index in [9.17, 15) is 9.18 Å². The quantitative estimate of drug-likeness (QED) is 0.889. The number of hydrogen-bond donors (Lipinski definition) is 2. The number of halogens is 1. The van der Waals surface area contributed by atoms with Gasteiger partial charge >= 0.3 is 6.03 Å². The lowest BCUT2D eigenvalue weighted by molar-refractivity contribution is 0.251. The second kappa shape index (κ2) is 7.96. The molecule has 6 heteroatoms. The highest BCUT2D eigenvalue weighted by atomic mass is 19.1. The van der Waals surface area contributed by atoms with Crippen LogP contribution in [-0.4, -0.2) is 24.1 Å². The first-order chi connectivity index (χ1) is 12.1. The Morgan fingerprint density at radius 2 is 2.08 bits per heavy atom. The van der Waals surface area contributed by atoms with Crippen LogP contribution in [0.2, 0.25) is 0 Å². The van der Waals surface area contributed by atoms with E-state index in [2.05, 4.69) is 27.4 Å². The molecule has 132 valence electrons. The minimum Gasteiger partial charge on any atom is -0.357 e. The Hall–Kier alpha value is -2.63. The molecule has 3 rings (SSSR count). The van der Waals surface area contributed by atoms with E-state index in [-0.39, 0.29) is 11.8 Å². The first-order valence-electron chi connectivity index (χ1n) is 8.60.